The van der Waals surface area contributed by atoms with Gasteiger partial charge < -0.3 is 19.8 Å². The topological polar surface area (TPSA) is 128 Å². The monoisotopic (exact) mass is 654 g/mol. The van der Waals surface area contributed by atoms with E-state index in [4.69, 9.17) is 19.6 Å². The van der Waals surface area contributed by atoms with Gasteiger partial charge in [-0.2, -0.15) is 0 Å². The average molecular weight is 655 g/mol. The van der Waals surface area contributed by atoms with Gasteiger partial charge in [-0.25, -0.2) is 26.6 Å². The highest BCUT2D eigenvalue weighted by molar-refractivity contribution is 7.91. The van der Waals surface area contributed by atoms with Crippen molar-refractivity contribution in [1.82, 2.24) is 19.9 Å². The number of hydrogen-bond donors (Lipinski definition) is 3. The number of benzene rings is 3. The number of rotatable bonds is 7. The second kappa shape index (κ2) is 13.0. The Labute approximate surface area is 264 Å². The van der Waals surface area contributed by atoms with Crippen LogP contribution in [0.2, 0.25) is 0 Å². The molecule has 3 N–H and O–H groups in total. The molecule has 9 nitrogen and oxygen atoms in total. The van der Waals surface area contributed by atoms with E-state index in [9.17, 15) is 8.42 Å². The number of fused-ring (bicyclic) bond motifs is 2. The number of halogens is 3. The Bertz CT molecular complexity index is 2020. The van der Waals surface area contributed by atoms with Crippen molar-refractivity contribution in [2.75, 3.05) is 19.8 Å². The molecule has 0 saturated carbocycles. The molecule has 5 aromatic rings. The van der Waals surface area contributed by atoms with Crippen molar-refractivity contribution in [2.24, 2.45) is 5.92 Å². The molecule has 0 amide bonds. The van der Waals surface area contributed by atoms with Gasteiger partial charge in [0.1, 0.15) is 28.1 Å². The summed E-state index contributed by atoms with van der Waals surface area (Å²) in [6, 6.07) is 11.4. The number of sulfone groups is 1. The molecule has 1 aliphatic heterocycles. The molecular formula is C33H33F3N4O5S. The number of ether oxygens (including phenoxy) is 1. The summed E-state index contributed by atoms with van der Waals surface area (Å²) in [7, 11) is -2.01. The van der Waals surface area contributed by atoms with Gasteiger partial charge in [-0.3, -0.25) is 9.69 Å². The van der Waals surface area contributed by atoms with Crippen LogP contribution in [0, 0.1) is 23.4 Å². The molecule has 1 atom stereocenters. The van der Waals surface area contributed by atoms with E-state index < -0.39 is 33.3 Å². The Morgan fingerprint density at radius 1 is 1.13 bits per heavy atom. The molecule has 0 radical (unpaired) electrons. The largest absolute Gasteiger partial charge is 0.483 e. The number of carboxylic acid groups (broad SMARTS) is 1. The lowest BCUT2D eigenvalue weighted by atomic mass is 9.92. The summed E-state index contributed by atoms with van der Waals surface area (Å²) in [6.45, 7) is 4.46. The summed E-state index contributed by atoms with van der Waals surface area (Å²) in [5.74, 6) is -1.74. The summed E-state index contributed by atoms with van der Waals surface area (Å²) in [6.07, 6.45) is 3.68. The third kappa shape index (κ3) is 6.38. The van der Waals surface area contributed by atoms with Crippen molar-refractivity contribution in [2.45, 2.75) is 37.6 Å². The van der Waals surface area contributed by atoms with Crippen LogP contribution in [0.3, 0.4) is 0 Å². The Morgan fingerprint density at radius 3 is 2.57 bits per heavy atom. The average Bonchev–Trinajstić information content (AvgIpc) is 3.62. The first kappa shape index (κ1) is 32.8. The van der Waals surface area contributed by atoms with Crippen LogP contribution in [-0.2, 0) is 27.5 Å². The fourth-order valence-electron chi connectivity index (χ4n) is 5.84. The lowest BCUT2D eigenvalue weighted by Crippen LogP contribution is -2.33. The van der Waals surface area contributed by atoms with E-state index in [0.29, 0.717) is 41.7 Å². The number of imidazole rings is 1. The molecule has 2 aromatic heterocycles. The van der Waals surface area contributed by atoms with Crippen LogP contribution in [-0.4, -0.2) is 59.7 Å². The minimum atomic E-state index is -3.91. The maximum absolute atomic E-state index is 15.7. The van der Waals surface area contributed by atoms with Crippen molar-refractivity contribution in [3.8, 4) is 22.9 Å². The zero-order valence-electron chi connectivity index (χ0n) is 25.6. The fraction of sp³-hybridized carbons (Fsp3) is 0.273. The first-order chi connectivity index (χ1) is 21.8. The Kier molecular flexibility index (Phi) is 9.27. The van der Waals surface area contributed by atoms with Gasteiger partial charge in [0.05, 0.1) is 17.3 Å². The fourth-order valence-corrected chi connectivity index (χ4v) is 6.89. The van der Waals surface area contributed by atoms with Gasteiger partial charge in [0, 0.05) is 53.6 Å². The van der Waals surface area contributed by atoms with Gasteiger partial charge in [0.15, 0.2) is 21.4 Å². The third-order valence-electron chi connectivity index (χ3n) is 7.76. The predicted molar refractivity (Wildman–Crippen MR) is 167 cm³/mol. The van der Waals surface area contributed by atoms with Crippen LogP contribution in [0.4, 0.5) is 13.2 Å². The number of hydrogen-bond acceptors (Lipinski definition) is 6. The second-order valence-corrected chi connectivity index (χ2v) is 13.5. The number of nitrogens with zero attached hydrogens (tertiary/aromatic N) is 2. The second-order valence-electron chi connectivity index (χ2n) is 11.6. The molecular weight excluding hydrogens is 621 g/mol. The molecule has 1 unspecified atom stereocenters. The number of aromatic nitrogens is 3. The molecule has 3 heterocycles. The highest BCUT2D eigenvalue weighted by atomic mass is 32.2. The summed E-state index contributed by atoms with van der Waals surface area (Å²) >= 11 is 0. The smallest absolute Gasteiger partial charge is 0.290 e. The maximum Gasteiger partial charge on any atom is 0.290 e. The van der Waals surface area contributed by atoms with Gasteiger partial charge in [-0.05, 0) is 49.2 Å². The molecule has 0 spiro atoms. The summed E-state index contributed by atoms with van der Waals surface area (Å²) < 4.78 is 77.3. The number of likely N-dealkylation sites (N-methyl/N-ethyl adjacent to an activating group) is 1. The van der Waals surface area contributed by atoms with Crippen LogP contribution >= 0.6 is 0 Å². The van der Waals surface area contributed by atoms with Crippen LogP contribution in [0.25, 0.3) is 22.3 Å². The minimum absolute atomic E-state index is 0.0190. The van der Waals surface area contributed by atoms with Gasteiger partial charge >= 0.3 is 0 Å². The molecule has 46 heavy (non-hydrogen) atoms. The van der Waals surface area contributed by atoms with E-state index in [1.54, 1.807) is 12.1 Å². The van der Waals surface area contributed by atoms with E-state index in [1.807, 2.05) is 31.9 Å². The molecule has 1 aliphatic rings. The number of aromatic amines is 2. The third-order valence-corrected chi connectivity index (χ3v) is 8.90. The van der Waals surface area contributed by atoms with Crippen molar-refractivity contribution in [3.63, 3.8) is 0 Å². The zero-order chi connectivity index (χ0) is 33.3. The standard InChI is InChI=1S/C32H31F3N4O3S.CH2O2/c1-17(2)14-18-6-5-7-21(27(18)35)29-28-25(11-13-39(29)3)37-32(38-28)22-15-19(8-9-23(22)33)42-30-24(34)16-26-20(10-12-36-26)31(30)43(4,40)41;2-1-3/h5-10,12,15-17,29,36H,11,13-14H2,1-4H3,(H,37,38);1H,(H,2,3). The molecule has 0 saturated heterocycles. The summed E-state index contributed by atoms with van der Waals surface area (Å²) in [4.78, 5) is 20.8. The van der Waals surface area contributed by atoms with Crippen molar-refractivity contribution in [1.29, 1.82) is 0 Å². The summed E-state index contributed by atoms with van der Waals surface area (Å²) in [5, 5.41) is 7.17. The van der Waals surface area contributed by atoms with Crippen LogP contribution < -0.4 is 4.74 Å². The van der Waals surface area contributed by atoms with Gasteiger partial charge in [-0.15, -0.1) is 0 Å². The first-order valence-electron chi connectivity index (χ1n) is 14.5. The van der Waals surface area contributed by atoms with Crippen LogP contribution in [0.15, 0.2) is 59.6 Å². The van der Waals surface area contributed by atoms with Gasteiger partial charge in [0.2, 0.25) is 0 Å². The summed E-state index contributed by atoms with van der Waals surface area (Å²) in [5.41, 5.74) is 2.85. The lowest BCUT2D eigenvalue weighted by Gasteiger charge is -2.32. The quantitative estimate of drug-likeness (QED) is 0.168. The highest BCUT2D eigenvalue weighted by Crippen LogP contribution is 2.40. The van der Waals surface area contributed by atoms with Gasteiger partial charge in [-0.1, -0.05) is 32.0 Å². The Balaban J connectivity index is 0.00000134. The molecule has 0 bridgehead atoms. The Morgan fingerprint density at radius 2 is 1.87 bits per heavy atom. The minimum Gasteiger partial charge on any atom is -0.483 e. The number of carbonyl (C=O) groups is 1. The molecule has 242 valence electrons. The van der Waals surface area contributed by atoms with Crippen LogP contribution in [0.5, 0.6) is 11.5 Å². The van der Waals surface area contributed by atoms with Crippen molar-refractivity contribution < 1.29 is 36.2 Å². The molecule has 0 aliphatic carbocycles. The lowest BCUT2D eigenvalue weighted by molar-refractivity contribution is -0.122. The predicted octanol–water partition coefficient (Wildman–Crippen LogP) is 6.65. The maximum atomic E-state index is 15.7. The highest BCUT2D eigenvalue weighted by Gasteiger charge is 2.33. The molecule has 3 aromatic carbocycles. The van der Waals surface area contributed by atoms with Crippen molar-refractivity contribution in [3.05, 3.63) is 94.7 Å². The number of H-pyrrole nitrogens is 2. The molecule has 6 rings (SSSR count). The zero-order valence-corrected chi connectivity index (χ0v) is 26.4. The van der Waals surface area contributed by atoms with E-state index in [1.165, 1.54) is 24.4 Å². The van der Waals surface area contributed by atoms with E-state index in [-0.39, 0.29) is 45.6 Å². The SMILES string of the molecule is CC(C)Cc1cccc(C2c3nc(-c4cc(Oc5c(F)cc6[nH]ccc6c5S(C)(=O)=O)ccc4F)[nH]c3CCN2C)c1F.O=CO. The van der Waals surface area contributed by atoms with Crippen LogP contribution in [0.1, 0.15) is 42.4 Å². The van der Waals surface area contributed by atoms with Crippen molar-refractivity contribution >= 4 is 27.2 Å². The van der Waals surface area contributed by atoms with E-state index in [0.717, 1.165) is 24.1 Å². The van der Waals surface area contributed by atoms with E-state index >= 15 is 13.2 Å². The van der Waals surface area contributed by atoms with Gasteiger partial charge in [0.25, 0.3) is 6.47 Å². The Hall–Kier alpha value is -4.62. The number of nitrogens with one attached hydrogen (secondary N) is 2. The first-order valence-corrected chi connectivity index (χ1v) is 16.3. The van der Waals surface area contributed by atoms with E-state index in [2.05, 4.69) is 9.97 Å². The molecule has 13 heteroatoms. The normalized spacial score (nSPS) is 15.0. The molecule has 0 fully saturated rings.